The molecule has 8 rings (SSSR count). The number of fused-ring (bicyclic) bond motifs is 4. The third-order valence-electron chi connectivity index (χ3n) is 9.99. The van der Waals surface area contributed by atoms with Crippen molar-refractivity contribution < 1.29 is 0 Å². The van der Waals surface area contributed by atoms with E-state index in [9.17, 15) is 0 Å². The van der Waals surface area contributed by atoms with E-state index >= 15 is 0 Å². The molecule has 0 aromatic heterocycles. The van der Waals surface area contributed by atoms with Crippen LogP contribution in [-0.4, -0.2) is 6.85 Å². The monoisotopic (exact) mass is 623 g/mol. The molecule has 2 heterocycles. The van der Waals surface area contributed by atoms with Crippen molar-refractivity contribution >= 4 is 63.3 Å². The Balaban J connectivity index is 1.45. The molecule has 0 atom stereocenters. The van der Waals surface area contributed by atoms with E-state index in [2.05, 4.69) is 174 Å². The van der Waals surface area contributed by atoms with Crippen LogP contribution in [-0.2, 0) is 12.8 Å². The Morgan fingerprint density at radius 2 is 0.812 bits per heavy atom. The average molecular weight is 624 g/mol. The lowest BCUT2D eigenvalue weighted by atomic mass is 9.46. The van der Waals surface area contributed by atoms with Gasteiger partial charge in [-0.25, -0.2) is 0 Å². The van der Waals surface area contributed by atoms with Crippen LogP contribution in [0.4, 0.5) is 45.5 Å². The number of rotatable bonds is 9. The normalized spacial score (nSPS) is 13.1. The van der Waals surface area contributed by atoms with Crippen molar-refractivity contribution in [2.24, 2.45) is 0 Å². The summed E-state index contributed by atoms with van der Waals surface area (Å²) in [4.78, 5) is 7.72. The molecule has 48 heavy (non-hydrogen) atoms. The van der Waals surface area contributed by atoms with Crippen molar-refractivity contribution in [2.45, 2.75) is 52.4 Å². The quantitative estimate of drug-likeness (QED) is 0.148. The molecule has 0 amide bonds. The minimum atomic E-state index is -0.0154. The molecule has 0 saturated heterocycles. The molecule has 0 aliphatic carbocycles. The van der Waals surface area contributed by atoms with Crippen molar-refractivity contribution in [3.8, 4) is 0 Å². The molecule has 0 spiro atoms. The number of nitrogens with zero attached hydrogens (tertiary/aromatic N) is 3. The lowest BCUT2D eigenvalue weighted by Crippen LogP contribution is -2.60. The largest absolute Gasteiger partial charge is 0.373 e. The van der Waals surface area contributed by atoms with Gasteiger partial charge in [-0.1, -0.05) is 124 Å². The van der Waals surface area contributed by atoms with Gasteiger partial charge < -0.3 is 14.6 Å². The number of hydrogen-bond acceptors (Lipinski definition) is 3. The highest BCUT2D eigenvalue weighted by atomic mass is 15.3. The fraction of sp³-hybridized carbons (Fsp3) is 0.182. The molecule has 0 fully saturated rings. The second-order valence-corrected chi connectivity index (χ2v) is 13.0. The summed E-state index contributed by atoms with van der Waals surface area (Å²) in [5.74, 6) is 0. The highest BCUT2D eigenvalue weighted by molar-refractivity contribution is 6.92. The second kappa shape index (κ2) is 13.1. The maximum absolute atomic E-state index is 2.75. The zero-order valence-corrected chi connectivity index (χ0v) is 28.0. The van der Waals surface area contributed by atoms with E-state index in [0.29, 0.717) is 0 Å². The van der Waals surface area contributed by atoms with Crippen LogP contribution in [0.3, 0.4) is 0 Å². The predicted molar refractivity (Wildman–Crippen MR) is 207 cm³/mol. The first-order valence-corrected chi connectivity index (χ1v) is 17.7. The summed E-state index contributed by atoms with van der Waals surface area (Å²) in [6.45, 7) is 4.58. The van der Waals surface area contributed by atoms with Crippen LogP contribution in [0.15, 0.2) is 146 Å². The highest BCUT2D eigenvalue weighted by Gasteiger charge is 2.44. The Morgan fingerprint density at radius 3 is 1.27 bits per heavy atom. The molecule has 3 nitrogen and oxygen atoms in total. The van der Waals surface area contributed by atoms with Gasteiger partial charge in [0.05, 0.1) is 22.7 Å². The molecule has 6 aromatic rings. The molecular weight excluding hydrogens is 581 g/mol. The van der Waals surface area contributed by atoms with E-state index < -0.39 is 0 Å². The topological polar surface area (TPSA) is 9.72 Å². The molecule has 4 heteroatoms. The molecule has 236 valence electrons. The lowest BCUT2D eigenvalue weighted by molar-refractivity contribution is 0.790. The van der Waals surface area contributed by atoms with Crippen molar-refractivity contribution in [3.05, 3.63) is 157 Å². The number of benzene rings is 6. The maximum atomic E-state index is 2.75. The molecule has 2 aliphatic rings. The Morgan fingerprint density at radius 1 is 0.417 bits per heavy atom. The summed E-state index contributed by atoms with van der Waals surface area (Å²) in [5, 5.41) is 0. The third kappa shape index (κ3) is 5.07. The number of para-hydroxylation sites is 6. The van der Waals surface area contributed by atoms with Gasteiger partial charge >= 0.3 is 6.85 Å². The standard InChI is InChI=1S/C44H42BN3/c1-3-5-19-33-21-17-31-41-43(33)48(44-34(20-6-4-2)22-18-32-42(44)47(41)36-25-11-8-12-26-36)45-37-27-13-15-29-39(37)46(35-23-9-7-10-24-35)40-30-16-14-28-38(40)45/h7-18,21-32H,3-6,19-20H2,1-2H3. The molecule has 0 unspecified atom stereocenters. The Bertz CT molecular complexity index is 1930. The van der Waals surface area contributed by atoms with Gasteiger partial charge in [-0.15, -0.1) is 0 Å². The van der Waals surface area contributed by atoms with E-state index in [1.807, 2.05) is 0 Å². The van der Waals surface area contributed by atoms with Crippen LogP contribution in [0.2, 0.25) is 0 Å². The first-order valence-electron chi connectivity index (χ1n) is 17.7. The van der Waals surface area contributed by atoms with Crippen LogP contribution < -0.4 is 25.5 Å². The van der Waals surface area contributed by atoms with Crippen LogP contribution in [0, 0.1) is 0 Å². The average Bonchev–Trinajstić information content (AvgIpc) is 3.15. The maximum Gasteiger partial charge on any atom is 0.332 e. The second-order valence-electron chi connectivity index (χ2n) is 13.0. The number of hydrogen-bond donors (Lipinski definition) is 0. The van der Waals surface area contributed by atoms with Gasteiger partial charge in [-0.3, -0.25) is 0 Å². The van der Waals surface area contributed by atoms with Gasteiger partial charge in [0.1, 0.15) is 0 Å². The zero-order valence-electron chi connectivity index (χ0n) is 28.0. The van der Waals surface area contributed by atoms with Gasteiger partial charge in [0, 0.05) is 22.7 Å². The van der Waals surface area contributed by atoms with E-state index in [0.717, 1.165) is 38.5 Å². The lowest BCUT2D eigenvalue weighted by Gasteiger charge is -2.48. The molecule has 2 aliphatic heterocycles. The van der Waals surface area contributed by atoms with Crippen molar-refractivity contribution in [3.63, 3.8) is 0 Å². The summed E-state index contributed by atoms with van der Waals surface area (Å²) in [5.41, 5.74) is 15.4. The SMILES string of the molecule is CCCCc1cccc2c1N(B1c3ccccc3N(c3ccccc3)c3ccccc31)c1c(CCCC)cccc1N2c1ccccc1. The van der Waals surface area contributed by atoms with Crippen molar-refractivity contribution in [2.75, 3.05) is 14.6 Å². The van der Waals surface area contributed by atoms with Gasteiger partial charge in [-0.2, -0.15) is 0 Å². The minimum Gasteiger partial charge on any atom is -0.373 e. The van der Waals surface area contributed by atoms with Crippen molar-refractivity contribution in [1.29, 1.82) is 0 Å². The Kier molecular flexibility index (Phi) is 8.24. The predicted octanol–water partition coefficient (Wildman–Crippen LogP) is 10.9. The highest BCUT2D eigenvalue weighted by Crippen LogP contribution is 2.55. The Labute approximate surface area is 286 Å². The minimum absolute atomic E-state index is 0.0154. The molecule has 6 aromatic carbocycles. The first-order chi connectivity index (χ1) is 23.8. The summed E-state index contributed by atoms with van der Waals surface area (Å²) in [6.07, 6.45) is 6.70. The van der Waals surface area contributed by atoms with Gasteiger partial charge in [0.15, 0.2) is 0 Å². The number of aryl methyl sites for hydroxylation is 2. The molecule has 0 radical (unpaired) electrons. The smallest absolute Gasteiger partial charge is 0.332 e. The summed E-state index contributed by atoms with van der Waals surface area (Å²) < 4.78 is 0. The zero-order chi connectivity index (χ0) is 32.5. The van der Waals surface area contributed by atoms with Gasteiger partial charge in [0.2, 0.25) is 0 Å². The fourth-order valence-electron chi connectivity index (χ4n) is 7.84. The van der Waals surface area contributed by atoms with Crippen LogP contribution in [0.1, 0.15) is 50.7 Å². The number of anilines is 8. The fourth-order valence-corrected chi connectivity index (χ4v) is 7.84. The molecule has 0 N–H and O–H groups in total. The van der Waals surface area contributed by atoms with E-state index in [-0.39, 0.29) is 6.85 Å². The summed E-state index contributed by atoms with van der Waals surface area (Å²) in [6, 6.07) is 53.9. The summed E-state index contributed by atoms with van der Waals surface area (Å²) in [7, 11) is 0. The van der Waals surface area contributed by atoms with Crippen LogP contribution in [0.25, 0.3) is 0 Å². The van der Waals surface area contributed by atoms with Crippen LogP contribution in [0.5, 0.6) is 0 Å². The number of unbranched alkanes of at least 4 members (excludes halogenated alkanes) is 2. The van der Waals surface area contributed by atoms with Crippen LogP contribution >= 0.6 is 0 Å². The van der Waals surface area contributed by atoms with Crippen molar-refractivity contribution in [1.82, 2.24) is 0 Å². The Hall–Kier alpha value is -5.22. The van der Waals surface area contributed by atoms with E-state index in [1.165, 1.54) is 67.6 Å². The van der Waals surface area contributed by atoms with Gasteiger partial charge in [-0.05, 0) is 96.3 Å². The molecule has 0 bridgehead atoms. The van der Waals surface area contributed by atoms with E-state index in [4.69, 9.17) is 0 Å². The first kappa shape index (κ1) is 30.1. The summed E-state index contributed by atoms with van der Waals surface area (Å²) >= 11 is 0. The van der Waals surface area contributed by atoms with Gasteiger partial charge in [0.25, 0.3) is 0 Å². The van der Waals surface area contributed by atoms with E-state index in [1.54, 1.807) is 0 Å². The molecule has 0 saturated carbocycles. The molecular formula is C44H42BN3. The third-order valence-corrected chi connectivity index (χ3v) is 9.99.